The fourth-order valence-corrected chi connectivity index (χ4v) is 3.77. The van der Waals surface area contributed by atoms with Gasteiger partial charge in [0.15, 0.2) is 5.79 Å². The van der Waals surface area contributed by atoms with E-state index < -0.39 is 5.79 Å². The van der Waals surface area contributed by atoms with Crippen LogP contribution in [0.25, 0.3) is 11.0 Å². The van der Waals surface area contributed by atoms with Crippen LogP contribution in [0.5, 0.6) is 0 Å². The van der Waals surface area contributed by atoms with Gasteiger partial charge in [-0.2, -0.15) is 0 Å². The van der Waals surface area contributed by atoms with Crippen LogP contribution < -0.4 is 4.90 Å². The summed E-state index contributed by atoms with van der Waals surface area (Å²) in [5.74, 6) is 0.201. The number of nitrogens with zero attached hydrogens (tertiary/aromatic N) is 3. The Morgan fingerprint density at radius 1 is 1.00 bits per heavy atom. The van der Waals surface area contributed by atoms with E-state index in [9.17, 15) is 4.39 Å². The Morgan fingerprint density at radius 2 is 1.67 bits per heavy atom. The van der Waals surface area contributed by atoms with E-state index in [0.717, 1.165) is 48.5 Å². The molecule has 0 spiro atoms. The lowest BCUT2D eigenvalue weighted by Gasteiger charge is -2.40. The molecule has 1 aliphatic rings. The standard InChI is InChI=1S/C21H24FN3O2/c1-26-21(27-2)11-13-24(14-12-21)20-23-18-5-3-4-6-19(18)25(20)15-16-7-9-17(22)10-8-16/h3-10H,11-15H2,1-2H3. The van der Waals surface area contributed by atoms with E-state index >= 15 is 0 Å². The number of benzene rings is 2. The molecule has 0 N–H and O–H groups in total. The first-order chi connectivity index (χ1) is 13.1. The van der Waals surface area contributed by atoms with Gasteiger partial charge in [-0.1, -0.05) is 24.3 Å². The third-order valence-corrected chi connectivity index (χ3v) is 5.44. The minimum absolute atomic E-state index is 0.221. The Balaban J connectivity index is 1.67. The molecule has 27 heavy (non-hydrogen) atoms. The van der Waals surface area contributed by atoms with Crippen molar-refractivity contribution in [2.75, 3.05) is 32.2 Å². The summed E-state index contributed by atoms with van der Waals surface area (Å²) in [4.78, 5) is 7.16. The fraction of sp³-hybridized carbons (Fsp3) is 0.381. The van der Waals surface area contributed by atoms with Crippen molar-refractivity contribution in [3.8, 4) is 0 Å². The molecule has 0 saturated carbocycles. The Bertz CT molecular complexity index is 909. The van der Waals surface area contributed by atoms with Crippen LogP contribution in [0.15, 0.2) is 48.5 Å². The summed E-state index contributed by atoms with van der Waals surface area (Å²) in [6, 6.07) is 14.8. The number of ether oxygens (including phenoxy) is 2. The molecule has 0 amide bonds. The molecule has 2 heterocycles. The maximum Gasteiger partial charge on any atom is 0.206 e. The zero-order valence-corrected chi connectivity index (χ0v) is 15.7. The van der Waals surface area contributed by atoms with Crippen LogP contribution in [0, 0.1) is 5.82 Å². The largest absolute Gasteiger partial charge is 0.353 e. The number of hydrogen-bond acceptors (Lipinski definition) is 4. The number of imidazole rings is 1. The highest BCUT2D eigenvalue weighted by Gasteiger charge is 2.35. The van der Waals surface area contributed by atoms with Crippen molar-refractivity contribution in [3.05, 3.63) is 59.9 Å². The van der Waals surface area contributed by atoms with Gasteiger partial charge in [0.2, 0.25) is 5.95 Å². The van der Waals surface area contributed by atoms with Crippen molar-refractivity contribution in [2.24, 2.45) is 0 Å². The van der Waals surface area contributed by atoms with E-state index in [4.69, 9.17) is 14.5 Å². The van der Waals surface area contributed by atoms with Crippen LogP contribution in [0.4, 0.5) is 10.3 Å². The normalized spacial score (nSPS) is 16.8. The molecule has 0 aliphatic carbocycles. The second-order valence-corrected chi connectivity index (χ2v) is 6.92. The maximum atomic E-state index is 13.3. The average Bonchev–Trinajstić information content (AvgIpc) is 3.08. The highest BCUT2D eigenvalue weighted by Crippen LogP contribution is 2.31. The second kappa shape index (κ2) is 7.29. The van der Waals surface area contributed by atoms with E-state index in [1.54, 1.807) is 14.2 Å². The molecule has 5 nitrogen and oxygen atoms in total. The molecule has 2 aromatic carbocycles. The number of methoxy groups -OCH3 is 2. The molecular weight excluding hydrogens is 345 g/mol. The number of para-hydroxylation sites is 2. The Hall–Kier alpha value is -2.44. The van der Waals surface area contributed by atoms with Gasteiger partial charge in [0, 0.05) is 40.2 Å². The van der Waals surface area contributed by atoms with Gasteiger partial charge < -0.3 is 18.9 Å². The highest BCUT2D eigenvalue weighted by molar-refractivity contribution is 5.79. The SMILES string of the molecule is COC1(OC)CCN(c2nc3ccccc3n2Cc2ccc(F)cc2)CC1. The number of fused-ring (bicyclic) bond motifs is 1. The van der Waals surface area contributed by atoms with Crippen molar-refractivity contribution in [2.45, 2.75) is 25.2 Å². The van der Waals surface area contributed by atoms with Crippen molar-refractivity contribution < 1.29 is 13.9 Å². The third kappa shape index (κ3) is 3.42. The van der Waals surface area contributed by atoms with Crippen LogP contribution in [-0.4, -0.2) is 42.6 Å². The van der Waals surface area contributed by atoms with E-state index in [1.807, 2.05) is 30.3 Å². The minimum atomic E-state index is -0.510. The van der Waals surface area contributed by atoms with Crippen LogP contribution in [-0.2, 0) is 16.0 Å². The summed E-state index contributed by atoms with van der Waals surface area (Å²) >= 11 is 0. The van der Waals surface area contributed by atoms with E-state index in [0.29, 0.717) is 6.54 Å². The van der Waals surface area contributed by atoms with Crippen LogP contribution in [0.1, 0.15) is 18.4 Å². The van der Waals surface area contributed by atoms with Crippen LogP contribution >= 0.6 is 0 Å². The molecule has 142 valence electrons. The molecule has 1 aromatic heterocycles. The predicted octanol–water partition coefficient (Wildman–Crippen LogP) is 3.81. The lowest BCUT2D eigenvalue weighted by molar-refractivity contribution is -0.217. The van der Waals surface area contributed by atoms with Gasteiger partial charge >= 0.3 is 0 Å². The minimum Gasteiger partial charge on any atom is -0.353 e. The average molecular weight is 369 g/mol. The molecule has 1 aliphatic heterocycles. The number of piperidine rings is 1. The van der Waals surface area contributed by atoms with Gasteiger partial charge in [-0.25, -0.2) is 9.37 Å². The lowest BCUT2D eigenvalue weighted by Crippen LogP contribution is -2.47. The molecule has 1 saturated heterocycles. The second-order valence-electron chi connectivity index (χ2n) is 6.92. The molecule has 0 unspecified atom stereocenters. The summed E-state index contributed by atoms with van der Waals surface area (Å²) in [6.07, 6.45) is 1.56. The van der Waals surface area contributed by atoms with Gasteiger partial charge in [-0.15, -0.1) is 0 Å². The van der Waals surface area contributed by atoms with Crippen LogP contribution in [0.2, 0.25) is 0 Å². The summed E-state index contributed by atoms with van der Waals surface area (Å²) in [5.41, 5.74) is 3.08. The van der Waals surface area contributed by atoms with Gasteiger partial charge in [0.25, 0.3) is 0 Å². The number of hydrogen-bond donors (Lipinski definition) is 0. The van der Waals surface area contributed by atoms with Crippen molar-refractivity contribution in [1.82, 2.24) is 9.55 Å². The maximum absolute atomic E-state index is 13.3. The molecular formula is C21H24FN3O2. The molecule has 0 atom stereocenters. The number of rotatable bonds is 5. The van der Waals surface area contributed by atoms with Crippen molar-refractivity contribution in [1.29, 1.82) is 0 Å². The Kier molecular flexibility index (Phi) is 4.85. The predicted molar refractivity (Wildman–Crippen MR) is 103 cm³/mol. The first kappa shape index (κ1) is 17.9. The lowest BCUT2D eigenvalue weighted by atomic mass is 10.0. The van der Waals surface area contributed by atoms with Crippen molar-refractivity contribution in [3.63, 3.8) is 0 Å². The molecule has 1 fully saturated rings. The molecule has 3 aromatic rings. The number of aromatic nitrogens is 2. The van der Waals surface area contributed by atoms with Crippen molar-refractivity contribution >= 4 is 17.0 Å². The van der Waals surface area contributed by atoms with Gasteiger partial charge in [-0.3, -0.25) is 0 Å². The zero-order valence-electron chi connectivity index (χ0n) is 15.7. The Morgan fingerprint density at radius 3 is 2.33 bits per heavy atom. The molecule has 4 rings (SSSR count). The van der Waals surface area contributed by atoms with E-state index in [2.05, 4.69) is 15.5 Å². The molecule has 0 bridgehead atoms. The monoisotopic (exact) mass is 369 g/mol. The van der Waals surface area contributed by atoms with Gasteiger partial charge in [0.1, 0.15) is 5.82 Å². The smallest absolute Gasteiger partial charge is 0.206 e. The third-order valence-electron chi connectivity index (χ3n) is 5.44. The summed E-state index contributed by atoms with van der Waals surface area (Å²) in [6.45, 7) is 2.25. The molecule has 6 heteroatoms. The van der Waals surface area contributed by atoms with E-state index in [-0.39, 0.29) is 5.82 Å². The number of halogens is 1. The first-order valence-corrected chi connectivity index (χ1v) is 9.19. The summed E-state index contributed by atoms with van der Waals surface area (Å²) in [7, 11) is 3.39. The fourth-order valence-electron chi connectivity index (χ4n) is 3.77. The number of anilines is 1. The zero-order chi connectivity index (χ0) is 18.9. The van der Waals surface area contributed by atoms with Crippen LogP contribution in [0.3, 0.4) is 0 Å². The Labute approximate surface area is 158 Å². The van der Waals surface area contributed by atoms with Gasteiger partial charge in [-0.05, 0) is 29.8 Å². The van der Waals surface area contributed by atoms with E-state index in [1.165, 1.54) is 12.1 Å². The highest BCUT2D eigenvalue weighted by atomic mass is 19.1. The molecule has 0 radical (unpaired) electrons. The summed E-state index contributed by atoms with van der Waals surface area (Å²) in [5, 5.41) is 0. The topological polar surface area (TPSA) is 39.5 Å². The quantitative estimate of drug-likeness (QED) is 0.641. The van der Waals surface area contributed by atoms with Gasteiger partial charge in [0.05, 0.1) is 17.6 Å². The summed E-state index contributed by atoms with van der Waals surface area (Å²) < 4.78 is 26.7. The first-order valence-electron chi connectivity index (χ1n) is 9.19.